The normalized spacial score (nSPS) is 12.4. The third kappa shape index (κ3) is 2.19. The monoisotopic (exact) mass is 248 g/mol. The predicted molar refractivity (Wildman–Crippen MR) is 80.5 cm³/mol. The lowest BCUT2D eigenvalue weighted by atomic mass is 9.95. The van der Waals surface area contributed by atoms with E-state index in [2.05, 4.69) is 60.7 Å². The van der Waals surface area contributed by atoms with E-state index in [1.54, 1.807) is 0 Å². The highest BCUT2D eigenvalue weighted by molar-refractivity contribution is 5.93. The Bertz CT molecular complexity index is 599. The van der Waals surface area contributed by atoms with E-state index in [4.69, 9.17) is 4.74 Å². The van der Waals surface area contributed by atoms with Gasteiger partial charge in [-0.1, -0.05) is 60.7 Å². The van der Waals surface area contributed by atoms with Crippen LogP contribution >= 0.6 is 0 Å². The first-order valence-electron chi connectivity index (χ1n) is 6.59. The Labute approximate surface area is 113 Å². The Morgan fingerprint density at radius 2 is 1.37 bits per heavy atom. The average Bonchev–Trinajstić information content (AvgIpc) is 2.62. The zero-order valence-electron chi connectivity index (χ0n) is 11.0. The molecule has 3 rings (SSSR count). The summed E-state index contributed by atoms with van der Waals surface area (Å²) in [6.45, 7) is 2.69. The van der Waals surface area contributed by atoms with Crippen LogP contribution < -0.4 is 0 Å². The van der Waals surface area contributed by atoms with Gasteiger partial charge in [0.2, 0.25) is 0 Å². The number of benzene rings is 2. The lowest BCUT2D eigenvalue weighted by Gasteiger charge is -2.11. The minimum absolute atomic E-state index is 0.682. The van der Waals surface area contributed by atoms with E-state index >= 15 is 0 Å². The fourth-order valence-corrected chi connectivity index (χ4v) is 2.39. The largest absolute Gasteiger partial charge is 0.501 e. The van der Waals surface area contributed by atoms with Crippen molar-refractivity contribution in [1.29, 1.82) is 0 Å². The maximum absolute atomic E-state index is 5.55. The molecule has 2 aromatic rings. The Hall–Kier alpha value is -2.28. The number of hydrogen-bond donors (Lipinski definition) is 0. The Morgan fingerprint density at radius 1 is 0.842 bits per heavy atom. The van der Waals surface area contributed by atoms with Gasteiger partial charge in [-0.15, -0.1) is 0 Å². The van der Waals surface area contributed by atoms with Gasteiger partial charge in [-0.05, 0) is 29.2 Å². The second kappa shape index (κ2) is 5.15. The first kappa shape index (κ1) is 11.8. The van der Waals surface area contributed by atoms with Crippen molar-refractivity contribution in [2.24, 2.45) is 0 Å². The van der Waals surface area contributed by atoms with Crippen molar-refractivity contribution in [1.82, 2.24) is 0 Å². The highest BCUT2D eigenvalue weighted by Gasteiger charge is 2.14. The van der Waals surface area contributed by atoms with Crippen molar-refractivity contribution >= 4 is 17.7 Å². The molecule has 0 atom stereocenters. The molecule has 0 heterocycles. The minimum Gasteiger partial charge on any atom is -0.501 e. The van der Waals surface area contributed by atoms with E-state index in [-0.39, 0.29) is 0 Å². The number of rotatable bonds is 2. The van der Waals surface area contributed by atoms with Gasteiger partial charge >= 0.3 is 0 Å². The third-order valence-electron chi connectivity index (χ3n) is 3.31. The van der Waals surface area contributed by atoms with Gasteiger partial charge in [0.05, 0.1) is 12.9 Å². The first-order valence-corrected chi connectivity index (χ1v) is 6.59. The highest BCUT2D eigenvalue weighted by atomic mass is 16.5. The molecule has 2 aromatic carbocycles. The summed E-state index contributed by atoms with van der Waals surface area (Å²) in [5, 5.41) is 0. The molecule has 0 fully saturated rings. The third-order valence-corrected chi connectivity index (χ3v) is 3.31. The molecule has 0 aromatic heterocycles. The van der Waals surface area contributed by atoms with Gasteiger partial charge in [-0.3, -0.25) is 0 Å². The summed E-state index contributed by atoms with van der Waals surface area (Å²) in [5.41, 5.74) is 6.04. The maximum atomic E-state index is 5.55. The minimum atomic E-state index is 0.682. The summed E-state index contributed by atoms with van der Waals surface area (Å²) in [4.78, 5) is 0. The van der Waals surface area contributed by atoms with Crippen molar-refractivity contribution in [2.45, 2.75) is 6.92 Å². The Kier molecular flexibility index (Phi) is 3.20. The van der Waals surface area contributed by atoms with E-state index in [1.807, 2.05) is 13.2 Å². The number of ether oxygens (including phenoxy) is 1. The van der Waals surface area contributed by atoms with Crippen molar-refractivity contribution in [2.75, 3.05) is 6.61 Å². The summed E-state index contributed by atoms with van der Waals surface area (Å²) in [5.74, 6) is 0. The predicted octanol–water partition coefficient (Wildman–Crippen LogP) is 4.60. The van der Waals surface area contributed by atoms with Gasteiger partial charge in [-0.2, -0.15) is 0 Å². The Morgan fingerprint density at radius 3 is 1.89 bits per heavy atom. The average molecular weight is 248 g/mol. The van der Waals surface area contributed by atoms with Crippen molar-refractivity contribution in [3.63, 3.8) is 0 Å². The summed E-state index contributed by atoms with van der Waals surface area (Å²) in [6.07, 6.45) is 6.21. The van der Waals surface area contributed by atoms with Crippen LogP contribution in [0.4, 0.5) is 0 Å². The maximum Gasteiger partial charge on any atom is 0.0913 e. The zero-order chi connectivity index (χ0) is 13.1. The van der Waals surface area contributed by atoms with Crippen LogP contribution in [0.25, 0.3) is 17.7 Å². The van der Waals surface area contributed by atoms with Gasteiger partial charge in [0.15, 0.2) is 0 Å². The summed E-state index contributed by atoms with van der Waals surface area (Å²) >= 11 is 0. The van der Waals surface area contributed by atoms with Gasteiger partial charge in [0.25, 0.3) is 0 Å². The molecule has 0 radical (unpaired) electrons. The molecule has 0 bridgehead atoms. The van der Waals surface area contributed by atoms with E-state index in [1.165, 1.54) is 22.3 Å². The molecule has 0 N–H and O–H groups in total. The number of hydrogen-bond acceptors (Lipinski definition) is 1. The van der Waals surface area contributed by atoms with Gasteiger partial charge < -0.3 is 4.74 Å². The molecule has 19 heavy (non-hydrogen) atoms. The molecule has 0 unspecified atom stereocenters. The van der Waals surface area contributed by atoms with Gasteiger partial charge in [0.1, 0.15) is 0 Å². The van der Waals surface area contributed by atoms with Crippen LogP contribution in [0.3, 0.4) is 0 Å². The molecule has 0 saturated heterocycles. The van der Waals surface area contributed by atoms with Gasteiger partial charge in [-0.25, -0.2) is 0 Å². The summed E-state index contributed by atoms with van der Waals surface area (Å²) in [6, 6.07) is 16.8. The molecule has 1 aliphatic carbocycles. The smallest absolute Gasteiger partial charge is 0.0913 e. The molecular formula is C18H16O. The second-order valence-electron chi connectivity index (χ2n) is 4.49. The SMILES string of the molecule is CCOC=C1c2ccccc2C=Cc2ccccc21. The molecule has 0 saturated carbocycles. The molecule has 1 heteroatoms. The molecule has 0 amide bonds. The molecule has 0 aliphatic heterocycles. The van der Waals surface area contributed by atoms with E-state index in [9.17, 15) is 0 Å². The zero-order valence-corrected chi connectivity index (χ0v) is 11.0. The summed E-state index contributed by atoms with van der Waals surface area (Å²) in [7, 11) is 0. The fraction of sp³-hybridized carbons (Fsp3) is 0.111. The van der Waals surface area contributed by atoms with Gasteiger partial charge in [0, 0.05) is 5.57 Å². The Balaban J connectivity index is 2.24. The van der Waals surface area contributed by atoms with Crippen molar-refractivity contribution in [3.8, 4) is 0 Å². The highest BCUT2D eigenvalue weighted by Crippen LogP contribution is 2.33. The number of fused-ring (bicyclic) bond motifs is 2. The lowest BCUT2D eigenvalue weighted by molar-refractivity contribution is 0.271. The topological polar surface area (TPSA) is 9.23 Å². The quantitative estimate of drug-likeness (QED) is 0.602. The van der Waals surface area contributed by atoms with Crippen LogP contribution in [0.1, 0.15) is 29.2 Å². The van der Waals surface area contributed by atoms with E-state index in [0.29, 0.717) is 6.61 Å². The summed E-state index contributed by atoms with van der Waals surface area (Å²) < 4.78 is 5.55. The van der Waals surface area contributed by atoms with Crippen LogP contribution in [0.15, 0.2) is 54.8 Å². The lowest BCUT2D eigenvalue weighted by Crippen LogP contribution is -1.93. The second-order valence-corrected chi connectivity index (χ2v) is 4.49. The van der Waals surface area contributed by atoms with Crippen LogP contribution in [-0.4, -0.2) is 6.61 Å². The standard InChI is InChI=1S/C18H16O/c1-2-19-13-18-16-9-5-3-7-14(16)11-12-15-8-4-6-10-17(15)18/h3-13H,2H2,1H3. The van der Waals surface area contributed by atoms with E-state index in [0.717, 1.165) is 5.57 Å². The first-order chi connectivity index (χ1) is 9.40. The molecule has 1 aliphatic rings. The van der Waals surface area contributed by atoms with Crippen LogP contribution in [-0.2, 0) is 4.74 Å². The van der Waals surface area contributed by atoms with Crippen LogP contribution in [0, 0.1) is 0 Å². The molecule has 0 spiro atoms. The fourth-order valence-electron chi connectivity index (χ4n) is 2.39. The van der Waals surface area contributed by atoms with Crippen LogP contribution in [0.5, 0.6) is 0 Å². The van der Waals surface area contributed by atoms with Crippen molar-refractivity contribution < 1.29 is 4.74 Å². The molecule has 1 nitrogen and oxygen atoms in total. The molecular weight excluding hydrogens is 232 g/mol. The van der Waals surface area contributed by atoms with Crippen LogP contribution in [0.2, 0.25) is 0 Å². The van der Waals surface area contributed by atoms with Crippen molar-refractivity contribution in [3.05, 3.63) is 77.0 Å². The molecule has 94 valence electrons. The van der Waals surface area contributed by atoms with E-state index < -0.39 is 0 Å².